The summed E-state index contributed by atoms with van der Waals surface area (Å²) in [7, 11) is 0. The van der Waals surface area contributed by atoms with Crippen molar-refractivity contribution in [3.8, 4) is 0 Å². The maximum atomic E-state index is 6.28. The molecule has 1 saturated heterocycles. The molecule has 0 radical (unpaired) electrons. The van der Waals surface area contributed by atoms with Crippen molar-refractivity contribution in [1.82, 2.24) is 4.90 Å². The molecule has 1 aromatic rings. The Morgan fingerprint density at radius 1 is 1.44 bits per heavy atom. The molecule has 2 nitrogen and oxygen atoms in total. The second-order valence-corrected chi connectivity index (χ2v) is 6.77. The summed E-state index contributed by atoms with van der Waals surface area (Å²) < 4.78 is 1.11. The Kier molecular flexibility index (Phi) is 4.46. The number of halogens is 1. The van der Waals surface area contributed by atoms with Crippen molar-refractivity contribution in [1.29, 1.82) is 0 Å². The largest absolute Gasteiger partial charge is 0.324 e. The Morgan fingerprint density at radius 3 is 2.83 bits per heavy atom. The van der Waals surface area contributed by atoms with Crippen LogP contribution in [0.5, 0.6) is 0 Å². The van der Waals surface area contributed by atoms with Crippen LogP contribution in [-0.2, 0) is 0 Å². The first-order chi connectivity index (χ1) is 8.49. The smallest absolute Gasteiger partial charge is 0.0307 e. The van der Waals surface area contributed by atoms with Crippen LogP contribution in [0.15, 0.2) is 28.7 Å². The van der Waals surface area contributed by atoms with Gasteiger partial charge in [0, 0.05) is 22.6 Å². The van der Waals surface area contributed by atoms with E-state index in [-0.39, 0.29) is 6.04 Å². The Bertz CT molecular complexity index is 403. The minimum absolute atomic E-state index is 0.138. The van der Waals surface area contributed by atoms with Crippen molar-refractivity contribution in [2.24, 2.45) is 5.73 Å². The first-order valence-corrected chi connectivity index (χ1v) is 7.54. The second-order valence-electron chi connectivity index (χ2n) is 5.85. The standard InChI is InChI=1S/C15H23BrN2/c1-15(2)8-4-9-18(15)10-7-14(17)12-5-3-6-13(16)11-12/h3,5-6,11,14H,4,7-10,17H2,1-2H3. The minimum atomic E-state index is 0.138. The highest BCUT2D eigenvalue weighted by Crippen LogP contribution is 2.29. The molecule has 100 valence electrons. The molecular weight excluding hydrogens is 288 g/mol. The van der Waals surface area contributed by atoms with E-state index in [1.807, 2.05) is 6.07 Å². The van der Waals surface area contributed by atoms with Crippen molar-refractivity contribution in [2.75, 3.05) is 13.1 Å². The van der Waals surface area contributed by atoms with Gasteiger partial charge in [0.15, 0.2) is 0 Å². The van der Waals surface area contributed by atoms with Crippen LogP contribution in [0.1, 0.15) is 44.7 Å². The topological polar surface area (TPSA) is 29.3 Å². The van der Waals surface area contributed by atoms with E-state index >= 15 is 0 Å². The van der Waals surface area contributed by atoms with E-state index in [2.05, 4.69) is 52.9 Å². The molecule has 18 heavy (non-hydrogen) atoms. The average molecular weight is 311 g/mol. The van der Waals surface area contributed by atoms with E-state index in [0.717, 1.165) is 17.4 Å². The van der Waals surface area contributed by atoms with Crippen LogP contribution < -0.4 is 5.73 Å². The monoisotopic (exact) mass is 310 g/mol. The molecule has 0 aromatic heterocycles. The van der Waals surface area contributed by atoms with E-state index in [9.17, 15) is 0 Å². The Labute approximate surface area is 119 Å². The molecule has 0 aliphatic carbocycles. The first kappa shape index (κ1) is 14.0. The fraction of sp³-hybridized carbons (Fsp3) is 0.600. The van der Waals surface area contributed by atoms with Gasteiger partial charge in [-0.3, -0.25) is 4.90 Å². The Hall–Kier alpha value is -0.380. The van der Waals surface area contributed by atoms with Gasteiger partial charge in [-0.1, -0.05) is 28.1 Å². The van der Waals surface area contributed by atoms with Gasteiger partial charge in [-0.15, -0.1) is 0 Å². The maximum absolute atomic E-state index is 6.28. The van der Waals surface area contributed by atoms with Gasteiger partial charge in [-0.25, -0.2) is 0 Å². The van der Waals surface area contributed by atoms with Gasteiger partial charge in [-0.2, -0.15) is 0 Å². The molecule has 2 N–H and O–H groups in total. The Morgan fingerprint density at radius 2 is 2.22 bits per heavy atom. The first-order valence-electron chi connectivity index (χ1n) is 6.75. The van der Waals surface area contributed by atoms with Gasteiger partial charge >= 0.3 is 0 Å². The number of rotatable bonds is 4. The molecule has 1 aliphatic heterocycles. The van der Waals surface area contributed by atoms with E-state index in [4.69, 9.17) is 5.73 Å². The third kappa shape index (κ3) is 3.34. The second kappa shape index (κ2) is 5.72. The Balaban J connectivity index is 1.90. The molecule has 2 rings (SSSR count). The summed E-state index contributed by atoms with van der Waals surface area (Å²) in [6.45, 7) is 6.99. The number of hydrogen-bond donors (Lipinski definition) is 1. The fourth-order valence-corrected chi connectivity index (χ4v) is 3.19. The van der Waals surface area contributed by atoms with E-state index in [0.29, 0.717) is 5.54 Å². The van der Waals surface area contributed by atoms with E-state index in [1.165, 1.54) is 24.9 Å². The molecular formula is C15H23BrN2. The van der Waals surface area contributed by atoms with Crippen molar-refractivity contribution < 1.29 is 0 Å². The van der Waals surface area contributed by atoms with Gasteiger partial charge in [0.2, 0.25) is 0 Å². The fourth-order valence-electron chi connectivity index (χ4n) is 2.78. The number of nitrogens with two attached hydrogens (primary N) is 1. The third-order valence-corrected chi connectivity index (χ3v) is 4.55. The van der Waals surface area contributed by atoms with Crippen LogP contribution >= 0.6 is 15.9 Å². The SMILES string of the molecule is CC1(C)CCCN1CCC(N)c1cccc(Br)c1. The molecule has 0 bridgehead atoms. The molecule has 1 unspecified atom stereocenters. The lowest BCUT2D eigenvalue weighted by molar-refractivity contribution is 0.169. The molecule has 3 heteroatoms. The van der Waals surface area contributed by atoms with Gasteiger partial charge in [0.05, 0.1) is 0 Å². The highest BCUT2D eigenvalue weighted by molar-refractivity contribution is 9.10. The van der Waals surface area contributed by atoms with Crippen molar-refractivity contribution in [3.05, 3.63) is 34.3 Å². The maximum Gasteiger partial charge on any atom is 0.0307 e. The van der Waals surface area contributed by atoms with Crippen LogP contribution in [0, 0.1) is 0 Å². The zero-order valence-electron chi connectivity index (χ0n) is 11.3. The molecule has 1 heterocycles. The molecule has 0 saturated carbocycles. The van der Waals surface area contributed by atoms with Crippen molar-refractivity contribution in [2.45, 2.75) is 44.7 Å². The molecule has 0 spiro atoms. The van der Waals surface area contributed by atoms with Gasteiger partial charge in [0.25, 0.3) is 0 Å². The minimum Gasteiger partial charge on any atom is -0.324 e. The molecule has 1 aromatic carbocycles. The zero-order chi connectivity index (χ0) is 13.2. The summed E-state index contributed by atoms with van der Waals surface area (Å²) in [4.78, 5) is 2.57. The quantitative estimate of drug-likeness (QED) is 0.918. The lowest BCUT2D eigenvalue weighted by atomic mass is 10.0. The zero-order valence-corrected chi connectivity index (χ0v) is 12.9. The molecule has 1 atom stereocenters. The molecule has 1 aliphatic rings. The normalized spacial score (nSPS) is 21.1. The van der Waals surface area contributed by atoms with Crippen LogP contribution in [0.25, 0.3) is 0 Å². The van der Waals surface area contributed by atoms with E-state index in [1.54, 1.807) is 0 Å². The van der Waals surface area contributed by atoms with Crippen LogP contribution in [0.4, 0.5) is 0 Å². The van der Waals surface area contributed by atoms with Crippen LogP contribution in [-0.4, -0.2) is 23.5 Å². The summed E-state index contributed by atoms with van der Waals surface area (Å²) >= 11 is 3.50. The van der Waals surface area contributed by atoms with Crippen molar-refractivity contribution >= 4 is 15.9 Å². The predicted molar refractivity (Wildman–Crippen MR) is 80.6 cm³/mol. The van der Waals surface area contributed by atoms with Crippen molar-refractivity contribution in [3.63, 3.8) is 0 Å². The predicted octanol–water partition coefficient (Wildman–Crippen LogP) is 3.71. The molecule has 0 amide bonds. The average Bonchev–Trinajstić information content (AvgIpc) is 2.65. The lowest BCUT2D eigenvalue weighted by Crippen LogP contribution is -2.39. The summed E-state index contributed by atoms with van der Waals surface area (Å²) in [5.41, 5.74) is 7.86. The summed E-state index contributed by atoms with van der Waals surface area (Å²) in [5.74, 6) is 0. The lowest BCUT2D eigenvalue weighted by Gasteiger charge is -2.32. The summed E-state index contributed by atoms with van der Waals surface area (Å²) in [6.07, 6.45) is 3.65. The van der Waals surface area contributed by atoms with Gasteiger partial charge in [0.1, 0.15) is 0 Å². The summed E-state index contributed by atoms with van der Waals surface area (Å²) in [6, 6.07) is 8.47. The summed E-state index contributed by atoms with van der Waals surface area (Å²) in [5, 5.41) is 0. The number of likely N-dealkylation sites (tertiary alicyclic amines) is 1. The number of hydrogen-bond acceptors (Lipinski definition) is 2. The van der Waals surface area contributed by atoms with Gasteiger partial charge < -0.3 is 5.73 Å². The van der Waals surface area contributed by atoms with Crippen LogP contribution in [0.2, 0.25) is 0 Å². The highest BCUT2D eigenvalue weighted by Gasteiger charge is 2.31. The van der Waals surface area contributed by atoms with Crippen LogP contribution in [0.3, 0.4) is 0 Å². The number of nitrogens with zero attached hydrogens (tertiary/aromatic N) is 1. The van der Waals surface area contributed by atoms with Gasteiger partial charge in [-0.05, 0) is 57.4 Å². The van der Waals surface area contributed by atoms with E-state index < -0.39 is 0 Å². The molecule has 1 fully saturated rings. The highest BCUT2D eigenvalue weighted by atomic mass is 79.9. The number of benzene rings is 1. The third-order valence-electron chi connectivity index (χ3n) is 4.06.